The monoisotopic (exact) mass is 507 g/mol. The van der Waals surface area contributed by atoms with E-state index >= 15 is 0 Å². The number of thioether (sulfide) groups is 1. The molecule has 0 bridgehead atoms. The number of hydrogen-bond acceptors (Lipinski definition) is 7. The number of carbonyl (C=O) groups is 1. The second-order valence-electron chi connectivity index (χ2n) is 9.18. The topological polar surface area (TPSA) is 91.5 Å². The van der Waals surface area contributed by atoms with Crippen LogP contribution in [0.15, 0.2) is 47.5 Å². The largest absolute Gasteiger partial charge is 0.497 e. The number of H-pyrrole nitrogens is 1. The van der Waals surface area contributed by atoms with Gasteiger partial charge in [0.05, 0.1) is 38.2 Å². The van der Waals surface area contributed by atoms with Crippen LogP contribution in [0.5, 0.6) is 5.75 Å². The number of ether oxygens (including phenoxy) is 2. The second kappa shape index (κ2) is 11.5. The van der Waals surface area contributed by atoms with Gasteiger partial charge in [-0.15, -0.1) is 11.8 Å². The molecular formula is C27H33N5O3S. The summed E-state index contributed by atoms with van der Waals surface area (Å²) in [5.41, 5.74) is 6.39. The smallest absolute Gasteiger partial charge is 0.241 e. The summed E-state index contributed by atoms with van der Waals surface area (Å²) in [6.07, 6.45) is 2.48. The van der Waals surface area contributed by atoms with Gasteiger partial charge in [0, 0.05) is 48.1 Å². The zero-order valence-electron chi connectivity index (χ0n) is 20.8. The average Bonchev–Trinajstić information content (AvgIpc) is 3.35. The van der Waals surface area contributed by atoms with Crippen LogP contribution in [0, 0.1) is 6.92 Å². The number of fused-ring (bicyclic) bond motifs is 1. The SMILES string of the molecule is COc1ccc2c(c1)C[C@H](C(=O)Nc1ccc(-c3cn[nH]c3C)cc1SCCN1CCOCC1)NC2. The van der Waals surface area contributed by atoms with Crippen LogP contribution in [-0.2, 0) is 22.5 Å². The van der Waals surface area contributed by atoms with Crippen molar-refractivity contribution in [2.45, 2.75) is 30.8 Å². The summed E-state index contributed by atoms with van der Waals surface area (Å²) in [4.78, 5) is 16.8. The highest BCUT2D eigenvalue weighted by atomic mass is 32.2. The summed E-state index contributed by atoms with van der Waals surface area (Å²) in [7, 11) is 1.67. The zero-order valence-corrected chi connectivity index (χ0v) is 21.6. The number of aryl methyl sites for hydroxylation is 1. The van der Waals surface area contributed by atoms with E-state index in [1.165, 1.54) is 5.56 Å². The van der Waals surface area contributed by atoms with E-state index < -0.39 is 0 Å². The van der Waals surface area contributed by atoms with Gasteiger partial charge in [0.15, 0.2) is 0 Å². The van der Waals surface area contributed by atoms with Crippen molar-refractivity contribution in [2.75, 3.05) is 51.0 Å². The van der Waals surface area contributed by atoms with Gasteiger partial charge in [-0.1, -0.05) is 12.1 Å². The minimum Gasteiger partial charge on any atom is -0.497 e. The maximum Gasteiger partial charge on any atom is 0.241 e. The number of nitrogens with zero attached hydrogens (tertiary/aromatic N) is 2. The lowest BCUT2D eigenvalue weighted by Gasteiger charge is -2.27. The average molecular weight is 508 g/mol. The molecule has 5 rings (SSSR count). The fraction of sp³-hybridized carbons (Fsp3) is 0.407. The highest BCUT2D eigenvalue weighted by Crippen LogP contribution is 2.33. The molecule has 190 valence electrons. The van der Waals surface area contributed by atoms with Crippen molar-refractivity contribution in [3.63, 3.8) is 0 Å². The molecule has 0 radical (unpaired) electrons. The first-order valence-corrected chi connectivity index (χ1v) is 13.4. The number of morpholine rings is 1. The number of anilines is 1. The van der Waals surface area contributed by atoms with Gasteiger partial charge in [0.25, 0.3) is 0 Å². The molecule has 0 saturated carbocycles. The molecule has 1 aromatic heterocycles. The number of methoxy groups -OCH3 is 1. The van der Waals surface area contributed by atoms with Crippen LogP contribution in [0.25, 0.3) is 11.1 Å². The molecule has 0 spiro atoms. The lowest BCUT2D eigenvalue weighted by Crippen LogP contribution is -2.44. The van der Waals surface area contributed by atoms with E-state index in [0.717, 1.165) is 77.3 Å². The summed E-state index contributed by atoms with van der Waals surface area (Å²) < 4.78 is 10.8. The predicted octanol–water partition coefficient (Wildman–Crippen LogP) is 3.47. The molecule has 2 aliphatic heterocycles. The van der Waals surface area contributed by atoms with E-state index in [1.807, 2.05) is 37.4 Å². The Morgan fingerprint density at radius 3 is 2.86 bits per heavy atom. The van der Waals surface area contributed by atoms with Gasteiger partial charge in [0.2, 0.25) is 5.91 Å². The molecule has 3 aromatic rings. The van der Waals surface area contributed by atoms with E-state index in [9.17, 15) is 4.79 Å². The minimum atomic E-state index is -0.299. The highest BCUT2D eigenvalue weighted by molar-refractivity contribution is 7.99. The fourth-order valence-electron chi connectivity index (χ4n) is 4.69. The molecule has 9 heteroatoms. The normalized spacial score (nSPS) is 18.0. The fourth-order valence-corrected chi connectivity index (χ4v) is 5.74. The molecule has 0 aliphatic carbocycles. The number of hydrogen-bond donors (Lipinski definition) is 3. The van der Waals surface area contributed by atoms with Crippen molar-refractivity contribution in [1.82, 2.24) is 20.4 Å². The Hall–Kier alpha value is -2.85. The van der Waals surface area contributed by atoms with Crippen LogP contribution in [0.2, 0.25) is 0 Å². The number of rotatable bonds is 8. The Balaban J connectivity index is 1.31. The summed E-state index contributed by atoms with van der Waals surface area (Å²) in [5, 5.41) is 13.8. The third-order valence-electron chi connectivity index (χ3n) is 6.84. The summed E-state index contributed by atoms with van der Waals surface area (Å²) in [6, 6.07) is 12.0. The number of benzene rings is 2. The van der Waals surface area contributed by atoms with E-state index in [1.54, 1.807) is 18.9 Å². The van der Waals surface area contributed by atoms with Crippen molar-refractivity contribution in [3.8, 4) is 16.9 Å². The molecule has 1 fully saturated rings. The number of amides is 1. The Morgan fingerprint density at radius 1 is 1.22 bits per heavy atom. The van der Waals surface area contributed by atoms with E-state index in [-0.39, 0.29) is 11.9 Å². The zero-order chi connectivity index (χ0) is 24.9. The first kappa shape index (κ1) is 24.8. The number of aromatic amines is 1. The van der Waals surface area contributed by atoms with Gasteiger partial charge in [0.1, 0.15) is 5.75 Å². The molecule has 0 unspecified atom stereocenters. The van der Waals surface area contributed by atoms with Crippen molar-refractivity contribution in [2.24, 2.45) is 0 Å². The Labute approximate surface area is 216 Å². The minimum absolute atomic E-state index is 0.0225. The van der Waals surface area contributed by atoms with Crippen molar-refractivity contribution < 1.29 is 14.3 Å². The van der Waals surface area contributed by atoms with Crippen LogP contribution in [0.3, 0.4) is 0 Å². The van der Waals surface area contributed by atoms with Crippen molar-refractivity contribution in [3.05, 3.63) is 59.4 Å². The van der Waals surface area contributed by atoms with Crippen LogP contribution in [0.1, 0.15) is 16.8 Å². The third-order valence-corrected chi connectivity index (χ3v) is 7.88. The van der Waals surface area contributed by atoms with Crippen molar-refractivity contribution in [1.29, 1.82) is 0 Å². The van der Waals surface area contributed by atoms with Crippen molar-refractivity contribution >= 4 is 23.4 Å². The quantitative estimate of drug-likeness (QED) is 0.402. The Bertz CT molecular complexity index is 1210. The van der Waals surface area contributed by atoms with Gasteiger partial charge in [-0.05, 0) is 54.3 Å². The Kier molecular flexibility index (Phi) is 7.91. The van der Waals surface area contributed by atoms with Crippen LogP contribution in [0.4, 0.5) is 5.69 Å². The molecule has 3 N–H and O–H groups in total. The van der Waals surface area contributed by atoms with Gasteiger partial charge in [-0.25, -0.2) is 0 Å². The molecule has 3 heterocycles. The van der Waals surface area contributed by atoms with Crippen LogP contribution in [-0.4, -0.2) is 72.8 Å². The first-order chi connectivity index (χ1) is 17.6. The first-order valence-electron chi connectivity index (χ1n) is 12.4. The summed E-state index contributed by atoms with van der Waals surface area (Å²) in [5.74, 6) is 1.73. The summed E-state index contributed by atoms with van der Waals surface area (Å²) in [6.45, 7) is 7.20. The predicted molar refractivity (Wildman–Crippen MR) is 143 cm³/mol. The molecule has 1 amide bonds. The molecular weight excluding hydrogens is 474 g/mol. The Morgan fingerprint density at radius 2 is 2.08 bits per heavy atom. The molecule has 2 aliphatic rings. The lowest BCUT2D eigenvalue weighted by atomic mass is 9.95. The maximum absolute atomic E-state index is 13.3. The van der Waals surface area contributed by atoms with Gasteiger partial charge in [-0.2, -0.15) is 5.10 Å². The van der Waals surface area contributed by atoms with Crippen LogP contribution >= 0.6 is 11.8 Å². The number of aromatic nitrogens is 2. The molecule has 36 heavy (non-hydrogen) atoms. The molecule has 2 aromatic carbocycles. The van der Waals surface area contributed by atoms with Gasteiger partial charge >= 0.3 is 0 Å². The molecule has 1 atom stereocenters. The number of carbonyl (C=O) groups excluding carboxylic acids is 1. The standard InChI is InChI=1S/C27H33N5O3S/c1-18-23(17-29-31-18)19-4-6-24(26(15-19)36-12-9-32-7-10-35-11-8-32)30-27(33)25-14-21-13-22(34-2)5-3-20(21)16-28-25/h3-6,13,15,17,25,28H,7-12,14,16H2,1-2H3,(H,29,31)(H,30,33)/t25-/m1/s1. The van der Waals surface area contributed by atoms with Gasteiger partial charge in [-0.3, -0.25) is 14.8 Å². The lowest BCUT2D eigenvalue weighted by molar-refractivity contribution is -0.118. The summed E-state index contributed by atoms with van der Waals surface area (Å²) >= 11 is 1.78. The van der Waals surface area contributed by atoms with E-state index in [0.29, 0.717) is 13.0 Å². The van der Waals surface area contributed by atoms with E-state index in [2.05, 4.69) is 37.9 Å². The van der Waals surface area contributed by atoms with E-state index in [4.69, 9.17) is 9.47 Å². The molecule has 1 saturated heterocycles. The maximum atomic E-state index is 13.3. The molecule has 8 nitrogen and oxygen atoms in total. The number of nitrogens with one attached hydrogen (secondary N) is 3. The van der Waals surface area contributed by atoms with Gasteiger partial charge < -0.3 is 20.1 Å². The third kappa shape index (κ3) is 5.75. The van der Waals surface area contributed by atoms with Crippen LogP contribution < -0.4 is 15.4 Å². The second-order valence-corrected chi connectivity index (χ2v) is 10.3. The highest BCUT2D eigenvalue weighted by Gasteiger charge is 2.25.